The molecule has 2 rings (SSSR count). The lowest BCUT2D eigenvalue weighted by Crippen LogP contribution is -2.12. The van der Waals surface area contributed by atoms with E-state index in [1.165, 1.54) is 11.3 Å². The van der Waals surface area contributed by atoms with E-state index in [-0.39, 0.29) is 12.3 Å². The average Bonchev–Trinajstić information content (AvgIpc) is 2.89. The molecule has 2 aromatic rings. The molecule has 0 radical (unpaired) electrons. The number of rotatable bonds is 8. The molecule has 1 heterocycles. The summed E-state index contributed by atoms with van der Waals surface area (Å²) >= 11 is 9.57. The molecule has 0 unspecified atom stereocenters. The van der Waals surface area contributed by atoms with Crippen LogP contribution in [0.1, 0.15) is 11.3 Å². The number of carbonyl (C=O) groups excluding carboxylic acids is 1. The third-order valence-corrected chi connectivity index (χ3v) is 4.44. The van der Waals surface area contributed by atoms with Gasteiger partial charge in [-0.05, 0) is 40.8 Å². The van der Waals surface area contributed by atoms with Gasteiger partial charge in [-0.3, -0.25) is 4.79 Å². The molecule has 0 bridgehead atoms. The molecule has 8 heteroatoms. The third-order valence-electron chi connectivity index (χ3n) is 2.55. The maximum absolute atomic E-state index is 10.8. The molecule has 0 saturated heterocycles. The molecule has 1 aromatic heterocycles. The van der Waals surface area contributed by atoms with E-state index in [1.807, 2.05) is 18.2 Å². The Morgan fingerprint density at radius 3 is 2.91 bits per heavy atom. The van der Waals surface area contributed by atoms with Crippen molar-refractivity contribution in [3.63, 3.8) is 0 Å². The molecule has 0 atom stereocenters. The number of nitrogens with zero attached hydrogens (tertiary/aromatic N) is 1. The number of aromatic nitrogens is 1. The van der Waals surface area contributed by atoms with Gasteiger partial charge in [0.05, 0.1) is 24.7 Å². The highest BCUT2D eigenvalue weighted by molar-refractivity contribution is 14.1. The zero-order valence-electron chi connectivity index (χ0n) is 11.6. The lowest BCUT2D eigenvalue weighted by Gasteiger charge is -2.08. The summed E-state index contributed by atoms with van der Waals surface area (Å²) in [6.45, 7) is 0.977. The van der Waals surface area contributed by atoms with Gasteiger partial charge in [-0.1, -0.05) is 22.9 Å². The molecular formula is C14H14ClIN2O3S. The molecule has 0 aliphatic carbocycles. The number of carbonyl (C=O) groups is 1. The second-order valence-corrected chi connectivity index (χ2v) is 7.09. The van der Waals surface area contributed by atoms with E-state index in [9.17, 15) is 4.79 Å². The van der Waals surface area contributed by atoms with Crippen molar-refractivity contribution in [2.45, 2.75) is 12.8 Å². The monoisotopic (exact) mass is 452 g/mol. The fourth-order valence-corrected chi connectivity index (χ4v) is 3.02. The molecule has 1 aromatic carbocycles. The predicted molar refractivity (Wildman–Crippen MR) is 94.8 cm³/mol. The average molecular weight is 453 g/mol. The fourth-order valence-electron chi connectivity index (χ4n) is 1.60. The largest absolute Gasteiger partial charge is 0.492 e. The van der Waals surface area contributed by atoms with Crippen LogP contribution in [0, 0.1) is 3.57 Å². The van der Waals surface area contributed by atoms with Gasteiger partial charge in [0.25, 0.3) is 5.19 Å². The maximum atomic E-state index is 10.8. The zero-order valence-corrected chi connectivity index (χ0v) is 15.3. The first-order valence-corrected chi connectivity index (χ1v) is 8.75. The first-order valence-electron chi connectivity index (χ1n) is 6.48. The van der Waals surface area contributed by atoms with Crippen molar-refractivity contribution in [3.8, 4) is 10.9 Å². The number of nitrogens with two attached hydrogens (primary N) is 1. The molecule has 0 spiro atoms. The number of hydrogen-bond acceptors (Lipinski definition) is 5. The van der Waals surface area contributed by atoms with Crippen LogP contribution in [0.5, 0.6) is 10.9 Å². The van der Waals surface area contributed by atoms with Crippen molar-refractivity contribution in [3.05, 3.63) is 37.9 Å². The number of amides is 1. The topological polar surface area (TPSA) is 74.4 Å². The van der Waals surface area contributed by atoms with E-state index in [2.05, 4.69) is 27.6 Å². The minimum Gasteiger partial charge on any atom is -0.492 e. The van der Waals surface area contributed by atoms with Crippen molar-refractivity contribution in [1.29, 1.82) is 0 Å². The van der Waals surface area contributed by atoms with Gasteiger partial charge in [0.1, 0.15) is 5.75 Å². The molecule has 0 aliphatic heterocycles. The van der Waals surface area contributed by atoms with Crippen LogP contribution in [0.3, 0.4) is 0 Å². The standard InChI is InChI=1S/C14H14ClIN2O3S/c15-11-3-2-9(16)6-12(11)20-4-1-5-21-14-18-8-10(22-14)7-13(17)19/h2-3,6,8H,1,4-5,7H2,(H2,17,19). The summed E-state index contributed by atoms with van der Waals surface area (Å²) in [5, 5.41) is 1.13. The number of ether oxygens (including phenoxy) is 2. The summed E-state index contributed by atoms with van der Waals surface area (Å²) < 4.78 is 12.2. The van der Waals surface area contributed by atoms with Gasteiger partial charge in [-0.15, -0.1) is 0 Å². The molecule has 0 fully saturated rings. The highest BCUT2D eigenvalue weighted by Crippen LogP contribution is 2.26. The second-order valence-electron chi connectivity index (χ2n) is 4.36. The van der Waals surface area contributed by atoms with Crippen molar-refractivity contribution in [2.24, 2.45) is 5.73 Å². The van der Waals surface area contributed by atoms with E-state index in [4.69, 9.17) is 26.8 Å². The maximum Gasteiger partial charge on any atom is 0.273 e. The van der Waals surface area contributed by atoms with Gasteiger partial charge in [0, 0.05) is 21.1 Å². The highest BCUT2D eigenvalue weighted by atomic mass is 127. The Hall–Kier alpha value is -1.06. The summed E-state index contributed by atoms with van der Waals surface area (Å²) in [6, 6.07) is 5.62. The van der Waals surface area contributed by atoms with Crippen LogP contribution in [0.15, 0.2) is 24.4 Å². The number of hydrogen-bond donors (Lipinski definition) is 1. The third kappa shape index (κ3) is 5.62. The summed E-state index contributed by atoms with van der Waals surface area (Å²) in [7, 11) is 0. The Bertz CT molecular complexity index is 651. The Balaban J connectivity index is 1.70. The molecular weight excluding hydrogens is 439 g/mol. The van der Waals surface area contributed by atoms with Crippen LogP contribution in [0.4, 0.5) is 0 Å². The number of halogens is 2. The van der Waals surface area contributed by atoms with Crippen molar-refractivity contribution < 1.29 is 14.3 Å². The van der Waals surface area contributed by atoms with Crippen molar-refractivity contribution in [1.82, 2.24) is 4.98 Å². The molecule has 1 amide bonds. The van der Waals surface area contributed by atoms with Gasteiger partial charge in [-0.25, -0.2) is 4.98 Å². The van der Waals surface area contributed by atoms with Gasteiger partial charge >= 0.3 is 0 Å². The van der Waals surface area contributed by atoms with Gasteiger partial charge in [-0.2, -0.15) is 0 Å². The van der Waals surface area contributed by atoms with E-state index in [1.54, 1.807) is 6.20 Å². The lowest BCUT2D eigenvalue weighted by molar-refractivity contribution is -0.117. The van der Waals surface area contributed by atoms with Crippen LogP contribution in [0.25, 0.3) is 0 Å². The number of thiazole rings is 1. The first-order chi connectivity index (χ1) is 10.5. The van der Waals surface area contributed by atoms with Crippen molar-refractivity contribution in [2.75, 3.05) is 13.2 Å². The molecule has 2 N–H and O–H groups in total. The van der Waals surface area contributed by atoms with E-state index in [0.717, 1.165) is 8.45 Å². The molecule has 22 heavy (non-hydrogen) atoms. The van der Waals surface area contributed by atoms with Gasteiger partial charge in [0.2, 0.25) is 5.91 Å². The Kier molecular flexibility index (Phi) is 6.71. The Morgan fingerprint density at radius 1 is 1.36 bits per heavy atom. The fraction of sp³-hybridized carbons (Fsp3) is 0.286. The molecule has 0 aliphatic rings. The van der Waals surface area contributed by atoms with Crippen LogP contribution in [-0.2, 0) is 11.2 Å². The minimum absolute atomic E-state index is 0.190. The smallest absolute Gasteiger partial charge is 0.273 e. The van der Waals surface area contributed by atoms with E-state index < -0.39 is 0 Å². The van der Waals surface area contributed by atoms with E-state index in [0.29, 0.717) is 35.6 Å². The Morgan fingerprint density at radius 2 is 2.14 bits per heavy atom. The normalized spacial score (nSPS) is 10.5. The minimum atomic E-state index is -0.377. The second kappa shape index (κ2) is 8.54. The van der Waals surface area contributed by atoms with Crippen LogP contribution < -0.4 is 15.2 Å². The van der Waals surface area contributed by atoms with Crippen LogP contribution in [0.2, 0.25) is 5.02 Å². The van der Waals surface area contributed by atoms with Crippen LogP contribution in [-0.4, -0.2) is 24.1 Å². The number of benzene rings is 1. The predicted octanol–water partition coefficient (Wildman–Crippen LogP) is 3.28. The summed E-state index contributed by atoms with van der Waals surface area (Å²) in [5.74, 6) is 0.296. The molecule has 0 saturated carbocycles. The zero-order chi connectivity index (χ0) is 15.9. The molecule has 5 nitrogen and oxygen atoms in total. The SMILES string of the molecule is NC(=O)Cc1cnc(OCCCOc2cc(I)ccc2Cl)s1. The molecule has 118 valence electrons. The lowest BCUT2D eigenvalue weighted by atomic mass is 10.3. The summed E-state index contributed by atoms with van der Waals surface area (Å²) in [4.78, 5) is 15.7. The summed E-state index contributed by atoms with van der Waals surface area (Å²) in [6.07, 6.45) is 2.49. The highest BCUT2D eigenvalue weighted by Gasteiger charge is 2.06. The van der Waals surface area contributed by atoms with Crippen LogP contribution >= 0.6 is 45.5 Å². The summed E-state index contributed by atoms with van der Waals surface area (Å²) in [5.41, 5.74) is 5.12. The quantitative estimate of drug-likeness (QED) is 0.493. The van der Waals surface area contributed by atoms with E-state index >= 15 is 0 Å². The van der Waals surface area contributed by atoms with Gasteiger partial charge < -0.3 is 15.2 Å². The first kappa shape index (κ1) is 17.3. The van der Waals surface area contributed by atoms with Gasteiger partial charge in [0.15, 0.2) is 0 Å². The van der Waals surface area contributed by atoms with Crippen molar-refractivity contribution >= 4 is 51.4 Å². The Labute approximate surface area is 150 Å². The number of primary amides is 1.